The van der Waals surface area contributed by atoms with Crippen molar-refractivity contribution in [1.29, 1.82) is 0 Å². The highest BCUT2D eigenvalue weighted by Crippen LogP contribution is 2.27. The molecule has 2 N–H and O–H groups in total. The highest BCUT2D eigenvalue weighted by molar-refractivity contribution is 7.80. The number of nitrogens with one attached hydrogen (secondary N) is 2. The number of hydrogen-bond donors (Lipinski definition) is 2. The second-order valence-electron chi connectivity index (χ2n) is 5.17. The van der Waals surface area contributed by atoms with Crippen molar-refractivity contribution in [3.8, 4) is 0 Å². The molecule has 3 aromatic rings. The number of hydrogen-bond acceptors (Lipinski definition) is 2. The van der Waals surface area contributed by atoms with Gasteiger partial charge in [0, 0.05) is 21.0 Å². The molecular weight excluding hydrogens is 399 g/mol. The van der Waals surface area contributed by atoms with Crippen LogP contribution in [0.15, 0.2) is 54.6 Å². The second kappa shape index (κ2) is 7.58. The van der Waals surface area contributed by atoms with Crippen LogP contribution in [0.3, 0.4) is 0 Å². The Balaban J connectivity index is 1.82. The van der Waals surface area contributed by atoms with Crippen LogP contribution in [0.25, 0.3) is 10.8 Å². The Morgan fingerprint density at radius 2 is 1.60 bits per heavy atom. The lowest BCUT2D eigenvalue weighted by Crippen LogP contribution is -2.34. The summed E-state index contributed by atoms with van der Waals surface area (Å²) >= 11 is 23.4. The third-order valence-electron chi connectivity index (χ3n) is 3.52. The third kappa shape index (κ3) is 4.05. The van der Waals surface area contributed by atoms with Crippen LogP contribution in [-0.2, 0) is 0 Å². The van der Waals surface area contributed by atoms with E-state index in [9.17, 15) is 4.79 Å². The van der Waals surface area contributed by atoms with Crippen molar-refractivity contribution < 1.29 is 4.79 Å². The van der Waals surface area contributed by atoms with Gasteiger partial charge in [-0.25, -0.2) is 0 Å². The van der Waals surface area contributed by atoms with Crippen molar-refractivity contribution >= 4 is 74.5 Å². The molecular formula is C18H11Cl3N2OS. The minimum absolute atomic E-state index is 0.119. The number of fused-ring (bicyclic) bond motifs is 1. The first-order valence-corrected chi connectivity index (χ1v) is 8.74. The molecule has 0 aliphatic carbocycles. The molecule has 126 valence electrons. The first-order chi connectivity index (χ1) is 12.0. The van der Waals surface area contributed by atoms with Gasteiger partial charge >= 0.3 is 0 Å². The zero-order valence-electron chi connectivity index (χ0n) is 12.6. The van der Waals surface area contributed by atoms with Crippen LogP contribution in [0.2, 0.25) is 15.1 Å². The molecule has 1 amide bonds. The van der Waals surface area contributed by atoms with Crippen LogP contribution in [0, 0.1) is 0 Å². The van der Waals surface area contributed by atoms with Gasteiger partial charge in [-0.15, -0.1) is 0 Å². The van der Waals surface area contributed by atoms with Crippen LogP contribution >= 0.6 is 47.0 Å². The van der Waals surface area contributed by atoms with Gasteiger partial charge in [0.05, 0.1) is 10.7 Å². The van der Waals surface area contributed by atoms with Gasteiger partial charge < -0.3 is 5.32 Å². The second-order valence-corrected chi connectivity index (χ2v) is 6.83. The maximum Gasteiger partial charge on any atom is 0.258 e. The monoisotopic (exact) mass is 408 g/mol. The number of benzene rings is 3. The summed E-state index contributed by atoms with van der Waals surface area (Å²) in [5.41, 5.74) is 0.988. The molecule has 3 nitrogen and oxygen atoms in total. The Labute approximate surface area is 164 Å². The third-order valence-corrected chi connectivity index (χ3v) is 4.62. The van der Waals surface area contributed by atoms with Crippen LogP contribution in [-0.4, -0.2) is 11.0 Å². The van der Waals surface area contributed by atoms with E-state index in [1.807, 2.05) is 12.1 Å². The van der Waals surface area contributed by atoms with E-state index < -0.39 is 0 Å². The number of halogens is 3. The summed E-state index contributed by atoms with van der Waals surface area (Å²) in [4.78, 5) is 12.6. The molecule has 0 radical (unpaired) electrons. The van der Waals surface area contributed by atoms with Crippen LogP contribution in [0.4, 0.5) is 5.69 Å². The summed E-state index contributed by atoms with van der Waals surface area (Å²) < 4.78 is 0. The van der Waals surface area contributed by atoms with Crippen molar-refractivity contribution in [2.24, 2.45) is 0 Å². The van der Waals surface area contributed by atoms with E-state index in [1.165, 1.54) is 0 Å². The molecule has 7 heteroatoms. The molecule has 0 saturated heterocycles. The predicted octanol–water partition coefficient (Wildman–Crippen LogP) is 5.93. The average molecular weight is 410 g/mol. The Kier molecular flexibility index (Phi) is 5.45. The van der Waals surface area contributed by atoms with Crippen molar-refractivity contribution in [3.63, 3.8) is 0 Å². The van der Waals surface area contributed by atoms with E-state index in [-0.39, 0.29) is 11.0 Å². The van der Waals surface area contributed by atoms with Gasteiger partial charge in [-0.05, 0) is 47.9 Å². The minimum Gasteiger partial charge on any atom is -0.331 e. The molecule has 0 fully saturated rings. The van der Waals surface area contributed by atoms with E-state index in [4.69, 9.17) is 47.0 Å². The van der Waals surface area contributed by atoms with Crippen LogP contribution in [0.5, 0.6) is 0 Å². The smallest absolute Gasteiger partial charge is 0.258 e. The number of carbonyl (C=O) groups excluding carboxylic acids is 1. The molecule has 0 aliphatic rings. The lowest BCUT2D eigenvalue weighted by Gasteiger charge is -2.12. The number of amides is 1. The topological polar surface area (TPSA) is 41.1 Å². The van der Waals surface area contributed by atoms with E-state index in [0.717, 1.165) is 10.8 Å². The van der Waals surface area contributed by atoms with Gasteiger partial charge in [0.2, 0.25) is 0 Å². The van der Waals surface area contributed by atoms with Gasteiger partial charge in [0.1, 0.15) is 0 Å². The summed E-state index contributed by atoms with van der Waals surface area (Å²) in [6.45, 7) is 0. The maximum atomic E-state index is 12.6. The minimum atomic E-state index is -0.344. The zero-order chi connectivity index (χ0) is 18.0. The predicted molar refractivity (Wildman–Crippen MR) is 109 cm³/mol. The van der Waals surface area contributed by atoms with Crippen molar-refractivity contribution in [3.05, 3.63) is 75.2 Å². The van der Waals surface area contributed by atoms with Gasteiger partial charge in [-0.2, -0.15) is 0 Å². The molecule has 0 bridgehead atoms. The summed E-state index contributed by atoms with van der Waals surface area (Å²) in [5.74, 6) is -0.344. The molecule has 0 atom stereocenters. The standard InChI is InChI=1S/C18H11Cl3N2OS/c19-10-7-8-15(21)16(9-10)22-18(25)23-17(24)13-5-1-4-12-11(13)3-2-6-14(12)20/h1-9H,(H2,22,23,24,25). The molecule has 0 spiro atoms. The summed E-state index contributed by atoms with van der Waals surface area (Å²) in [7, 11) is 0. The van der Waals surface area contributed by atoms with Gasteiger partial charge in [-0.1, -0.05) is 59.1 Å². The normalized spacial score (nSPS) is 10.5. The van der Waals surface area contributed by atoms with Crippen molar-refractivity contribution in [2.75, 3.05) is 5.32 Å². The fourth-order valence-corrected chi connectivity index (χ4v) is 3.16. The van der Waals surface area contributed by atoms with Crippen LogP contribution < -0.4 is 10.6 Å². The Bertz CT molecular complexity index is 991. The molecule has 0 aliphatic heterocycles. The van der Waals surface area contributed by atoms with E-state index in [0.29, 0.717) is 26.3 Å². The molecule has 0 aromatic heterocycles. The number of thiocarbonyl (C=S) groups is 1. The van der Waals surface area contributed by atoms with Gasteiger partial charge in [0.15, 0.2) is 5.11 Å². The van der Waals surface area contributed by atoms with Crippen molar-refractivity contribution in [1.82, 2.24) is 5.32 Å². The average Bonchev–Trinajstić information content (AvgIpc) is 2.58. The molecule has 0 saturated carbocycles. The number of rotatable bonds is 2. The summed E-state index contributed by atoms with van der Waals surface area (Å²) in [6, 6.07) is 15.7. The fraction of sp³-hybridized carbons (Fsp3) is 0. The zero-order valence-corrected chi connectivity index (χ0v) is 15.7. The summed E-state index contributed by atoms with van der Waals surface area (Å²) in [6.07, 6.45) is 0. The van der Waals surface area contributed by atoms with E-state index in [1.54, 1.807) is 42.5 Å². The number of anilines is 1. The molecule has 25 heavy (non-hydrogen) atoms. The number of carbonyl (C=O) groups is 1. The Morgan fingerprint density at radius 1 is 0.880 bits per heavy atom. The highest BCUT2D eigenvalue weighted by Gasteiger charge is 2.13. The maximum absolute atomic E-state index is 12.6. The van der Waals surface area contributed by atoms with Gasteiger partial charge in [0.25, 0.3) is 5.91 Å². The lowest BCUT2D eigenvalue weighted by molar-refractivity contribution is 0.0979. The Hall–Kier alpha value is -1.85. The first kappa shape index (κ1) is 18.0. The fourth-order valence-electron chi connectivity index (χ4n) is 2.39. The molecule has 0 heterocycles. The summed E-state index contributed by atoms with van der Waals surface area (Å²) in [5, 5.41) is 8.70. The quantitative estimate of drug-likeness (QED) is 0.516. The van der Waals surface area contributed by atoms with E-state index in [2.05, 4.69) is 10.6 Å². The largest absolute Gasteiger partial charge is 0.331 e. The molecule has 3 rings (SSSR count). The Morgan fingerprint density at radius 3 is 2.40 bits per heavy atom. The molecule has 0 unspecified atom stereocenters. The lowest BCUT2D eigenvalue weighted by atomic mass is 10.0. The first-order valence-electron chi connectivity index (χ1n) is 7.20. The van der Waals surface area contributed by atoms with Crippen molar-refractivity contribution in [2.45, 2.75) is 0 Å². The van der Waals surface area contributed by atoms with Crippen LogP contribution in [0.1, 0.15) is 10.4 Å². The highest BCUT2D eigenvalue weighted by atomic mass is 35.5. The molecule has 3 aromatic carbocycles. The SMILES string of the molecule is O=C(NC(=S)Nc1cc(Cl)ccc1Cl)c1cccc2c(Cl)cccc12. The van der Waals surface area contributed by atoms with Gasteiger partial charge in [-0.3, -0.25) is 10.1 Å². The van der Waals surface area contributed by atoms with E-state index >= 15 is 0 Å².